The molecule has 7 nitrogen and oxygen atoms in total. The summed E-state index contributed by atoms with van der Waals surface area (Å²) in [5.41, 5.74) is 5.15. The highest BCUT2D eigenvalue weighted by Crippen LogP contribution is 2.24. The maximum atomic E-state index is 13.5. The molecule has 198 valence electrons. The van der Waals surface area contributed by atoms with Gasteiger partial charge in [0.2, 0.25) is 0 Å². The smallest absolute Gasteiger partial charge is 0.303 e. The zero-order valence-electron chi connectivity index (χ0n) is 21.7. The molecule has 0 radical (unpaired) electrons. The number of hydrogen-bond donors (Lipinski definition) is 2. The third-order valence-electron chi connectivity index (χ3n) is 6.63. The molecule has 2 aliphatic rings. The first-order valence-electron chi connectivity index (χ1n) is 13.2. The Balaban J connectivity index is 1.39. The molecule has 2 heterocycles. The molecule has 0 saturated carbocycles. The number of H-pyrrole nitrogens is 1. The highest BCUT2D eigenvalue weighted by molar-refractivity contribution is 5.66. The molecule has 2 N–H and O–H groups in total. The number of aromatic amines is 1. The number of unbranched alkanes of at least 4 members (excludes halogenated alkanes) is 2. The van der Waals surface area contributed by atoms with Crippen LogP contribution >= 0.6 is 0 Å². The van der Waals surface area contributed by atoms with E-state index in [9.17, 15) is 9.59 Å². The van der Waals surface area contributed by atoms with Crippen molar-refractivity contribution >= 4 is 5.97 Å². The number of fused-ring (bicyclic) bond motifs is 1. The number of carboxylic acids is 1. The summed E-state index contributed by atoms with van der Waals surface area (Å²) in [4.78, 5) is 32.5. The molecular formula is C32H31N3O4. The normalized spacial score (nSPS) is 11.1. The van der Waals surface area contributed by atoms with Gasteiger partial charge >= 0.3 is 5.97 Å². The number of benzene rings is 3. The maximum absolute atomic E-state index is 13.5. The number of nitrogens with zero attached hydrogens (tertiary/aromatic N) is 2. The maximum Gasteiger partial charge on any atom is 0.303 e. The van der Waals surface area contributed by atoms with Gasteiger partial charge in [-0.15, -0.1) is 0 Å². The van der Waals surface area contributed by atoms with Crippen LogP contribution in [0.25, 0.3) is 17.1 Å². The minimum absolute atomic E-state index is 0.129. The SMILES string of the molecule is O=C(O)CCCCCOc1cccc(Cc2nc3c(Cc4ccccc4)[nH]c(-c4ccccc4)cn-3c2=O)c1. The monoisotopic (exact) mass is 521 g/mol. The molecule has 0 spiro atoms. The van der Waals surface area contributed by atoms with Crippen molar-refractivity contribution in [1.82, 2.24) is 14.5 Å². The van der Waals surface area contributed by atoms with E-state index in [-0.39, 0.29) is 12.0 Å². The molecule has 0 saturated heterocycles. The fourth-order valence-corrected chi connectivity index (χ4v) is 4.66. The number of aliphatic carboxylic acids is 1. The summed E-state index contributed by atoms with van der Waals surface area (Å²) < 4.78 is 7.53. The van der Waals surface area contributed by atoms with Crippen LogP contribution < -0.4 is 10.3 Å². The van der Waals surface area contributed by atoms with Gasteiger partial charge in [0.25, 0.3) is 5.56 Å². The van der Waals surface area contributed by atoms with Crippen molar-refractivity contribution in [3.63, 3.8) is 0 Å². The van der Waals surface area contributed by atoms with Crippen LogP contribution in [0.2, 0.25) is 0 Å². The molecule has 0 amide bonds. The van der Waals surface area contributed by atoms with Crippen molar-refractivity contribution in [2.75, 3.05) is 6.61 Å². The van der Waals surface area contributed by atoms with Gasteiger partial charge in [-0.1, -0.05) is 72.8 Å². The van der Waals surface area contributed by atoms with E-state index in [1.54, 1.807) is 4.57 Å². The lowest BCUT2D eigenvalue weighted by atomic mass is 10.1. The van der Waals surface area contributed by atoms with Crippen molar-refractivity contribution < 1.29 is 14.6 Å². The molecule has 0 aromatic heterocycles. The Labute approximate surface area is 227 Å². The lowest BCUT2D eigenvalue weighted by Crippen LogP contribution is -2.17. The molecule has 5 rings (SSSR count). The van der Waals surface area contributed by atoms with Crippen molar-refractivity contribution in [2.24, 2.45) is 0 Å². The van der Waals surface area contributed by atoms with Crippen LogP contribution in [0, 0.1) is 0 Å². The topological polar surface area (TPSA) is 97.2 Å². The minimum Gasteiger partial charge on any atom is -0.494 e. The summed E-state index contributed by atoms with van der Waals surface area (Å²) in [6, 6.07) is 27.8. The number of nitrogens with one attached hydrogen (secondary N) is 1. The van der Waals surface area contributed by atoms with Gasteiger partial charge in [-0.05, 0) is 48.1 Å². The average molecular weight is 522 g/mol. The van der Waals surface area contributed by atoms with E-state index >= 15 is 0 Å². The Hall–Kier alpha value is -4.65. The fourth-order valence-electron chi connectivity index (χ4n) is 4.66. The van der Waals surface area contributed by atoms with E-state index in [0.717, 1.165) is 46.7 Å². The lowest BCUT2D eigenvalue weighted by molar-refractivity contribution is -0.137. The zero-order valence-corrected chi connectivity index (χ0v) is 21.7. The summed E-state index contributed by atoms with van der Waals surface area (Å²) in [6.45, 7) is 0.519. The first-order valence-corrected chi connectivity index (χ1v) is 13.2. The third kappa shape index (κ3) is 6.62. The van der Waals surface area contributed by atoms with Crippen molar-refractivity contribution in [1.29, 1.82) is 0 Å². The Morgan fingerprint density at radius 2 is 1.62 bits per heavy atom. The number of carboxylic acid groups (broad SMARTS) is 1. The molecular weight excluding hydrogens is 490 g/mol. The van der Waals surface area contributed by atoms with Crippen LogP contribution in [0.15, 0.2) is 95.9 Å². The molecule has 0 unspecified atom stereocenters. The minimum atomic E-state index is -0.769. The van der Waals surface area contributed by atoms with E-state index in [1.165, 1.54) is 0 Å². The highest BCUT2D eigenvalue weighted by atomic mass is 16.5. The molecule has 39 heavy (non-hydrogen) atoms. The van der Waals surface area contributed by atoms with Crippen LogP contribution in [-0.2, 0) is 17.6 Å². The third-order valence-corrected chi connectivity index (χ3v) is 6.63. The van der Waals surface area contributed by atoms with Crippen LogP contribution in [0.4, 0.5) is 0 Å². The van der Waals surface area contributed by atoms with Crippen LogP contribution in [0.3, 0.4) is 0 Å². The quantitative estimate of drug-likeness (QED) is 0.200. The van der Waals surface area contributed by atoms with Gasteiger partial charge in [0, 0.05) is 25.5 Å². The summed E-state index contributed by atoms with van der Waals surface area (Å²) in [6.07, 6.45) is 5.28. The fraction of sp³-hybridized carbons (Fsp3) is 0.219. The molecule has 3 aromatic carbocycles. The Kier molecular flexibility index (Phi) is 8.17. The second-order valence-electron chi connectivity index (χ2n) is 9.61. The van der Waals surface area contributed by atoms with Gasteiger partial charge in [0.1, 0.15) is 11.4 Å². The van der Waals surface area contributed by atoms with E-state index in [1.807, 2.05) is 79.0 Å². The summed E-state index contributed by atoms with van der Waals surface area (Å²) in [5, 5.41) is 8.75. The zero-order chi connectivity index (χ0) is 27.0. The number of rotatable bonds is 12. The largest absolute Gasteiger partial charge is 0.494 e. The van der Waals surface area contributed by atoms with E-state index in [4.69, 9.17) is 14.8 Å². The summed E-state index contributed by atoms with van der Waals surface area (Å²) in [7, 11) is 0. The van der Waals surface area contributed by atoms with Gasteiger partial charge in [-0.2, -0.15) is 0 Å². The Morgan fingerprint density at radius 3 is 2.38 bits per heavy atom. The predicted octanol–water partition coefficient (Wildman–Crippen LogP) is 5.87. The number of hydrogen-bond acceptors (Lipinski definition) is 4. The van der Waals surface area contributed by atoms with Gasteiger partial charge in [-0.25, -0.2) is 4.98 Å². The molecule has 7 heteroatoms. The molecule has 2 aliphatic heterocycles. The first kappa shape index (κ1) is 26.0. The lowest BCUT2D eigenvalue weighted by Gasteiger charge is -2.13. The van der Waals surface area contributed by atoms with E-state index in [0.29, 0.717) is 37.4 Å². The summed E-state index contributed by atoms with van der Waals surface area (Å²) >= 11 is 0. The number of imidazole rings is 1. The van der Waals surface area contributed by atoms with Gasteiger partial charge in [-0.3, -0.25) is 14.2 Å². The van der Waals surface area contributed by atoms with Crippen LogP contribution in [0.1, 0.15) is 48.2 Å². The van der Waals surface area contributed by atoms with Gasteiger partial charge in [0.05, 0.1) is 18.0 Å². The molecule has 3 aromatic rings. The van der Waals surface area contributed by atoms with Crippen molar-refractivity contribution in [2.45, 2.75) is 38.5 Å². The van der Waals surface area contributed by atoms with E-state index in [2.05, 4.69) is 17.1 Å². The van der Waals surface area contributed by atoms with Gasteiger partial charge < -0.3 is 14.8 Å². The second kappa shape index (κ2) is 12.3. The molecule has 0 bridgehead atoms. The Morgan fingerprint density at radius 1 is 0.872 bits per heavy atom. The van der Waals surface area contributed by atoms with E-state index < -0.39 is 5.97 Å². The molecule has 0 atom stereocenters. The van der Waals surface area contributed by atoms with Crippen molar-refractivity contribution in [3.8, 4) is 22.8 Å². The number of ether oxygens (including phenoxy) is 1. The van der Waals surface area contributed by atoms with Gasteiger partial charge in [0.15, 0.2) is 5.82 Å². The number of aromatic nitrogens is 3. The van der Waals surface area contributed by atoms with Crippen LogP contribution in [0.5, 0.6) is 5.75 Å². The predicted molar refractivity (Wildman–Crippen MR) is 151 cm³/mol. The molecule has 0 aliphatic carbocycles. The summed E-state index contributed by atoms with van der Waals surface area (Å²) in [5.74, 6) is 0.591. The standard InChI is InChI=1S/C32H31N3O4/c36-30(37)17-8-3-9-18-39-26-16-10-13-24(19-26)21-28-32(38)35-22-29(25-14-6-2-7-15-25)33-27(31(35)34-28)20-23-11-4-1-5-12-23/h1-2,4-7,10-16,19,22,33H,3,8-9,17-18,20-21H2,(H,36,37). The second-order valence-corrected chi connectivity index (χ2v) is 9.61. The highest BCUT2D eigenvalue weighted by Gasteiger charge is 2.20. The molecule has 0 fully saturated rings. The Bertz CT molecular complexity index is 1560. The number of carbonyl (C=O) groups is 1. The van der Waals surface area contributed by atoms with Crippen molar-refractivity contribution in [3.05, 3.63) is 124 Å². The van der Waals surface area contributed by atoms with Crippen LogP contribution in [-0.4, -0.2) is 32.2 Å². The first-order chi connectivity index (χ1) is 19.1. The average Bonchev–Trinajstić information content (AvgIpc) is 3.27.